The van der Waals surface area contributed by atoms with Gasteiger partial charge in [-0.1, -0.05) is 23.7 Å². The first-order chi connectivity index (χ1) is 11.0. The summed E-state index contributed by atoms with van der Waals surface area (Å²) in [7, 11) is 0. The fourth-order valence-corrected chi connectivity index (χ4v) is 2.21. The van der Waals surface area contributed by atoms with Crippen molar-refractivity contribution in [2.24, 2.45) is 0 Å². The van der Waals surface area contributed by atoms with Gasteiger partial charge in [-0.15, -0.1) is 0 Å². The first-order valence-corrected chi connectivity index (χ1v) is 7.47. The van der Waals surface area contributed by atoms with Crippen LogP contribution in [0.25, 0.3) is 0 Å². The Balaban J connectivity index is 1.81. The molecule has 0 aromatic heterocycles. The van der Waals surface area contributed by atoms with Crippen molar-refractivity contribution in [1.29, 1.82) is 0 Å². The fraction of sp³-hybridized carbons (Fsp3) is 0.235. The van der Waals surface area contributed by atoms with E-state index in [1.807, 2.05) is 0 Å². The van der Waals surface area contributed by atoms with Gasteiger partial charge in [-0.25, -0.2) is 8.78 Å². The van der Waals surface area contributed by atoms with E-state index in [0.29, 0.717) is 10.6 Å². The molecule has 2 rings (SSSR count). The second-order valence-corrected chi connectivity index (χ2v) is 5.54. The average molecular weight is 340 g/mol. The van der Waals surface area contributed by atoms with Gasteiger partial charge in [-0.2, -0.15) is 0 Å². The molecule has 0 heterocycles. The van der Waals surface area contributed by atoms with E-state index >= 15 is 0 Å². The second kappa shape index (κ2) is 8.04. The highest BCUT2D eigenvalue weighted by atomic mass is 35.5. The number of hydrogen-bond donors (Lipinski definition) is 2. The molecule has 2 N–H and O–H groups in total. The van der Waals surface area contributed by atoms with Crippen LogP contribution < -0.4 is 5.32 Å². The van der Waals surface area contributed by atoms with Crippen molar-refractivity contribution in [3.63, 3.8) is 0 Å². The molecule has 0 radical (unpaired) electrons. The molecule has 2 aromatic rings. The fourth-order valence-electron chi connectivity index (χ4n) is 2.08. The molecule has 0 saturated heterocycles. The number of hydrogen-bond acceptors (Lipinski definition) is 2. The van der Waals surface area contributed by atoms with Gasteiger partial charge in [0.05, 0.1) is 6.10 Å². The summed E-state index contributed by atoms with van der Waals surface area (Å²) in [6.45, 7) is 0.0338. The summed E-state index contributed by atoms with van der Waals surface area (Å²) in [5.74, 6) is -1.43. The molecule has 1 atom stereocenters. The number of aliphatic hydroxyl groups excluding tert-OH is 1. The SMILES string of the molecule is O=C(CCc1cc(F)ccc1F)NCC(O)c1ccc(Cl)cc1. The summed E-state index contributed by atoms with van der Waals surface area (Å²) < 4.78 is 26.5. The largest absolute Gasteiger partial charge is 0.387 e. The lowest BCUT2D eigenvalue weighted by Gasteiger charge is -2.12. The van der Waals surface area contributed by atoms with E-state index in [4.69, 9.17) is 11.6 Å². The van der Waals surface area contributed by atoms with Gasteiger partial charge in [-0.05, 0) is 47.9 Å². The molecule has 2 aromatic carbocycles. The minimum atomic E-state index is -0.859. The Bertz CT molecular complexity index is 677. The van der Waals surface area contributed by atoms with E-state index in [1.54, 1.807) is 24.3 Å². The highest BCUT2D eigenvalue weighted by molar-refractivity contribution is 6.30. The van der Waals surface area contributed by atoms with Gasteiger partial charge in [0, 0.05) is 18.0 Å². The van der Waals surface area contributed by atoms with Crippen LogP contribution in [-0.4, -0.2) is 17.6 Å². The highest BCUT2D eigenvalue weighted by Gasteiger charge is 2.11. The third-order valence-electron chi connectivity index (χ3n) is 3.38. The predicted octanol–water partition coefficient (Wildman–Crippen LogP) is 3.40. The van der Waals surface area contributed by atoms with Gasteiger partial charge in [0.15, 0.2) is 0 Å². The maximum atomic E-state index is 13.4. The zero-order valence-electron chi connectivity index (χ0n) is 12.2. The number of halogens is 3. The summed E-state index contributed by atoms with van der Waals surface area (Å²) in [6, 6.07) is 9.77. The molecule has 6 heteroatoms. The molecule has 122 valence electrons. The van der Waals surface area contributed by atoms with Gasteiger partial charge >= 0.3 is 0 Å². The van der Waals surface area contributed by atoms with Crippen LogP contribution in [0.5, 0.6) is 0 Å². The Morgan fingerprint density at radius 1 is 1.17 bits per heavy atom. The number of aryl methyl sites for hydroxylation is 1. The van der Waals surface area contributed by atoms with Crippen LogP contribution >= 0.6 is 11.6 Å². The molecule has 0 bridgehead atoms. The summed E-state index contributed by atoms with van der Waals surface area (Å²) in [4.78, 5) is 11.7. The van der Waals surface area contributed by atoms with Crippen LogP contribution in [0.3, 0.4) is 0 Å². The van der Waals surface area contributed by atoms with Crippen molar-refractivity contribution in [3.05, 3.63) is 70.2 Å². The summed E-state index contributed by atoms with van der Waals surface area (Å²) in [5.41, 5.74) is 0.782. The zero-order chi connectivity index (χ0) is 16.8. The van der Waals surface area contributed by atoms with Crippen LogP contribution in [0, 0.1) is 11.6 Å². The lowest BCUT2D eigenvalue weighted by molar-refractivity contribution is -0.121. The average Bonchev–Trinajstić information content (AvgIpc) is 2.54. The molecule has 0 spiro atoms. The topological polar surface area (TPSA) is 49.3 Å². The number of benzene rings is 2. The molecule has 0 aliphatic carbocycles. The van der Waals surface area contributed by atoms with E-state index in [-0.39, 0.29) is 30.9 Å². The third kappa shape index (κ3) is 5.30. The Labute approximate surface area is 137 Å². The number of aliphatic hydroxyl groups is 1. The van der Waals surface area contributed by atoms with Crippen molar-refractivity contribution in [2.45, 2.75) is 18.9 Å². The van der Waals surface area contributed by atoms with E-state index in [0.717, 1.165) is 18.2 Å². The predicted molar refractivity (Wildman–Crippen MR) is 84.1 cm³/mol. The third-order valence-corrected chi connectivity index (χ3v) is 3.63. The van der Waals surface area contributed by atoms with Crippen molar-refractivity contribution >= 4 is 17.5 Å². The summed E-state index contributed by atoms with van der Waals surface area (Å²) >= 11 is 5.76. The number of nitrogens with one attached hydrogen (secondary N) is 1. The molecule has 0 saturated carbocycles. The maximum Gasteiger partial charge on any atom is 0.220 e. The highest BCUT2D eigenvalue weighted by Crippen LogP contribution is 2.16. The van der Waals surface area contributed by atoms with Gasteiger partial charge in [0.2, 0.25) is 5.91 Å². The molecule has 3 nitrogen and oxygen atoms in total. The molecule has 0 fully saturated rings. The van der Waals surface area contributed by atoms with Gasteiger partial charge in [-0.3, -0.25) is 4.79 Å². The van der Waals surface area contributed by atoms with Gasteiger partial charge in [0.1, 0.15) is 11.6 Å². The van der Waals surface area contributed by atoms with Crippen molar-refractivity contribution in [2.75, 3.05) is 6.54 Å². The lowest BCUT2D eigenvalue weighted by Crippen LogP contribution is -2.28. The summed E-state index contributed by atoms with van der Waals surface area (Å²) in [6.07, 6.45) is -0.762. The number of rotatable bonds is 6. The molecular formula is C17H16ClF2NO2. The van der Waals surface area contributed by atoms with Gasteiger partial charge < -0.3 is 10.4 Å². The minimum absolute atomic E-state index is 0.00765. The first-order valence-electron chi connectivity index (χ1n) is 7.10. The quantitative estimate of drug-likeness (QED) is 0.847. The molecule has 0 aliphatic heterocycles. The van der Waals surface area contributed by atoms with E-state index < -0.39 is 17.7 Å². The van der Waals surface area contributed by atoms with E-state index in [9.17, 15) is 18.7 Å². The van der Waals surface area contributed by atoms with Crippen LogP contribution in [-0.2, 0) is 11.2 Å². The van der Waals surface area contributed by atoms with Crippen molar-refractivity contribution in [3.8, 4) is 0 Å². The Morgan fingerprint density at radius 3 is 2.57 bits per heavy atom. The number of amides is 1. The number of carbonyl (C=O) groups is 1. The molecule has 23 heavy (non-hydrogen) atoms. The van der Waals surface area contributed by atoms with Crippen molar-refractivity contribution < 1.29 is 18.7 Å². The Kier molecular flexibility index (Phi) is 6.07. The van der Waals surface area contributed by atoms with Crippen LogP contribution in [0.4, 0.5) is 8.78 Å². The summed E-state index contributed by atoms with van der Waals surface area (Å²) in [5, 5.41) is 13.1. The second-order valence-electron chi connectivity index (χ2n) is 5.11. The number of carbonyl (C=O) groups excluding carboxylic acids is 1. The molecular weight excluding hydrogens is 324 g/mol. The lowest BCUT2D eigenvalue weighted by atomic mass is 10.1. The standard InChI is InChI=1S/C17H16ClF2NO2/c18-13-4-1-11(2-5-13)16(22)10-21-17(23)8-3-12-9-14(19)6-7-15(12)20/h1-2,4-7,9,16,22H,3,8,10H2,(H,21,23). The molecule has 1 unspecified atom stereocenters. The van der Waals surface area contributed by atoms with Crippen molar-refractivity contribution in [1.82, 2.24) is 5.32 Å². The smallest absolute Gasteiger partial charge is 0.220 e. The molecule has 1 amide bonds. The zero-order valence-corrected chi connectivity index (χ0v) is 13.0. The van der Waals surface area contributed by atoms with E-state index in [2.05, 4.69) is 5.32 Å². The molecule has 0 aliphatic rings. The maximum absolute atomic E-state index is 13.4. The first kappa shape index (κ1) is 17.4. The van der Waals surface area contributed by atoms with E-state index in [1.165, 1.54) is 0 Å². The Morgan fingerprint density at radius 2 is 1.87 bits per heavy atom. The normalized spacial score (nSPS) is 12.0. The Hall–Kier alpha value is -1.98. The van der Waals surface area contributed by atoms with Crippen LogP contribution in [0.1, 0.15) is 23.7 Å². The monoisotopic (exact) mass is 339 g/mol. The van der Waals surface area contributed by atoms with Crippen LogP contribution in [0.2, 0.25) is 5.02 Å². The minimum Gasteiger partial charge on any atom is -0.387 e. The van der Waals surface area contributed by atoms with Crippen LogP contribution in [0.15, 0.2) is 42.5 Å². The van der Waals surface area contributed by atoms with Gasteiger partial charge in [0.25, 0.3) is 0 Å².